The normalized spacial score (nSPS) is 30.6. The van der Waals surface area contributed by atoms with E-state index in [1.54, 1.807) is 6.92 Å². The van der Waals surface area contributed by atoms with Crippen molar-refractivity contribution in [2.75, 3.05) is 5.73 Å². The zero-order chi connectivity index (χ0) is 13.5. The Bertz CT molecular complexity index is 503. The van der Waals surface area contributed by atoms with Crippen LogP contribution in [0.1, 0.15) is 25.8 Å². The molecule has 0 spiro atoms. The van der Waals surface area contributed by atoms with Crippen LogP contribution in [-0.4, -0.2) is 26.7 Å². The van der Waals surface area contributed by atoms with Gasteiger partial charge in [0.1, 0.15) is 18.0 Å². The Balaban J connectivity index is 2.42. The number of nitrogens with zero attached hydrogens (tertiary/aromatic N) is 2. The molecule has 0 unspecified atom stereocenters. The molecule has 18 heavy (non-hydrogen) atoms. The van der Waals surface area contributed by atoms with Gasteiger partial charge in [-0.3, -0.25) is 4.57 Å². The minimum Gasteiger partial charge on any atom is -0.386 e. The van der Waals surface area contributed by atoms with Crippen molar-refractivity contribution in [1.29, 1.82) is 0 Å². The van der Waals surface area contributed by atoms with Gasteiger partial charge >= 0.3 is 5.69 Å². The van der Waals surface area contributed by atoms with Gasteiger partial charge in [0.15, 0.2) is 0 Å². The van der Waals surface area contributed by atoms with E-state index in [-0.39, 0.29) is 12.2 Å². The van der Waals surface area contributed by atoms with Crippen LogP contribution in [0.5, 0.6) is 0 Å². The topological polar surface area (TPSA) is 81.1 Å². The number of rotatable bonds is 2. The number of nitrogen functional groups attached to an aromatic ring is 1. The molecule has 1 aromatic heterocycles. The molecule has 1 saturated carbocycles. The van der Waals surface area contributed by atoms with Gasteiger partial charge in [0.05, 0.1) is 0 Å². The Morgan fingerprint density at radius 3 is 2.83 bits per heavy atom. The molecule has 3 N–H and O–H groups in total. The van der Waals surface area contributed by atoms with Gasteiger partial charge in [-0.05, 0) is 18.4 Å². The Morgan fingerprint density at radius 1 is 1.67 bits per heavy atom. The molecule has 3 atom stereocenters. The van der Waals surface area contributed by atoms with Gasteiger partial charge in [-0.25, -0.2) is 13.6 Å². The number of hydrogen-bond acceptors (Lipinski definition) is 4. The maximum absolute atomic E-state index is 13.9. The molecule has 1 aliphatic rings. The van der Waals surface area contributed by atoms with Crippen LogP contribution in [0.2, 0.25) is 0 Å². The van der Waals surface area contributed by atoms with Crippen LogP contribution >= 0.6 is 0 Å². The maximum Gasteiger partial charge on any atom is 0.349 e. The Kier molecular flexibility index (Phi) is 3.10. The summed E-state index contributed by atoms with van der Waals surface area (Å²) >= 11 is 0. The highest BCUT2D eigenvalue weighted by atomic mass is 19.3. The van der Waals surface area contributed by atoms with Crippen LogP contribution in [0, 0.1) is 5.92 Å². The van der Waals surface area contributed by atoms with Crippen molar-refractivity contribution < 1.29 is 13.9 Å². The number of aliphatic hydroxyl groups excluding tert-OH is 1. The monoisotopic (exact) mass is 259 g/mol. The second-order valence-electron chi connectivity index (χ2n) is 4.58. The number of nitrogens with two attached hydrogens (primary N) is 1. The van der Waals surface area contributed by atoms with Crippen molar-refractivity contribution in [3.63, 3.8) is 0 Å². The fourth-order valence-corrected chi connectivity index (χ4v) is 2.44. The van der Waals surface area contributed by atoms with Gasteiger partial charge in [-0.15, -0.1) is 0 Å². The zero-order valence-corrected chi connectivity index (χ0v) is 9.88. The molecular weight excluding hydrogens is 244 g/mol. The summed E-state index contributed by atoms with van der Waals surface area (Å²) in [6, 6.07) is -0.0681. The first-order valence-corrected chi connectivity index (χ1v) is 5.78. The Hall–Kier alpha value is -1.50. The second-order valence-corrected chi connectivity index (χ2v) is 4.58. The van der Waals surface area contributed by atoms with Gasteiger partial charge in [0, 0.05) is 6.20 Å². The van der Waals surface area contributed by atoms with E-state index in [2.05, 4.69) is 4.98 Å². The summed E-state index contributed by atoms with van der Waals surface area (Å²) < 4.78 is 28.7. The van der Waals surface area contributed by atoms with E-state index in [9.17, 15) is 18.7 Å². The predicted molar refractivity (Wildman–Crippen MR) is 61.3 cm³/mol. The molecule has 0 radical (unpaired) electrons. The molecule has 1 aliphatic carbocycles. The van der Waals surface area contributed by atoms with E-state index >= 15 is 0 Å². The van der Waals surface area contributed by atoms with Gasteiger partial charge in [0.2, 0.25) is 0 Å². The lowest BCUT2D eigenvalue weighted by atomic mass is 10.0. The van der Waals surface area contributed by atoms with Crippen molar-refractivity contribution in [2.24, 2.45) is 5.92 Å². The molecule has 100 valence electrons. The molecule has 0 amide bonds. The molecule has 1 fully saturated rings. The lowest BCUT2D eigenvalue weighted by Gasteiger charge is -2.23. The summed E-state index contributed by atoms with van der Waals surface area (Å²) in [7, 11) is 0. The van der Waals surface area contributed by atoms with E-state index in [1.807, 2.05) is 0 Å². The van der Waals surface area contributed by atoms with Crippen molar-refractivity contribution in [2.45, 2.75) is 37.8 Å². The van der Waals surface area contributed by atoms with E-state index in [0.717, 1.165) is 4.57 Å². The van der Waals surface area contributed by atoms with Gasteiger partial charge < -0.3 is 10.8 Å². The van der Waals surface area contributed by atoms with Crippen LogP contribution in [0.25, 0.3) is 0 Å². The van der Waals surface area contributed by atoms with Gasteiger partial charge in [-0.2, -0.15) is 4.98 Å². The van der Waals surface area contributed by atoms with Crippen LogP contribution in [0.4, 0.5) is 14.6 Å². The SMILES string of the molecule is CC[C@H]1C[C@@H](n2ccc(N)nc2=O)C(F)(F)[C@@H]1O. The van der Waals surface area contributed by atoms with Crippen molar-refractivity contribution in [3.8, 4) is 0 Å². The zero-order valence-electron chi connectivity index (χ0n) is 9.88. The fraction of sp³-hybridized carbons (Fsp3) is 0.636. The number of anilines is 1. The van der Waals surface area contributed by atoms with Crippen molar-refractivity contribution in [1.82, 2.24) is 9.55 Å². The predicted octanol–water partition coefficient (Wildman–Crippen LogP) is 0.793. The molecule has 2 rings (SSSR count). The van der Waals surface area contributed by atoms with E-state index in [4.69, 9.17) is 5.73 Å². The second kappa shape index (κ2) is 4.31. The van der Waals surface area contributed by atoms with Crippen LogP contribution in [-0.2, 0) is 0 Å². The first kappa shape index (κ1) is 12.9. The smallest absolute Gasteiger partial charge is 0.349 e. The molecule has 0 saturated heterocycles. The first-order chi connectivity index (χ1) is 8.37. The molecule has 0 bridgehead atoms. The minimum atomic E-state index is -3.33. The third kappa shape index (κ3) is 1.88. The summed E-state index contributed by atoms with van der Waals surface area (Å²) in [4.78, 5) is 15.0. The van der Waals surface area contributed by atoms with Gasteiger partial charge in [0.25, 0.3) is 5.92 Å². The maximum atomic E-state index is 13.9. The largest absolute Gasteiger partial charge is 0.386 e. The number of alkyl halides is 2. The summed E-state index contributed by atoms with van der Waals surface area (Å²) in [5, 5.41) is 9.58. The number of aliphatic hydroxyl groups is 1. The van der Waals surface area contributed by atoms with E-state index in [1.165, 1.54) is 12.3 Å². The van der Waals surface area contributed by atoms with Crippen LogP contribution < -0.4 is 11.4 Å². The molecule has 0 aliphatic heterocycles. The molecule has 5 nitrogen and oxygen atoms in total. The molecule has 0 aromatic carbocycles. The third-order valence-corrected chi connectivity index (χ3v) is 3.52. The Labute approximate surface area is 102 Å². The highest BCUT2D eigenvalue weighted by molar-refractivity contribution is 5.24. The average molecular weight is 259 g/mol. The molecular formula is C11H15F2N3O2. The summed E-state index contributed by atoms with van der Waals surface area (Å²) in [6.07, 6.45) is -0.0360. The van der Waals surface area contributed by atoms with E-state index < -0.39 is 29.7 Å². The third-order valence-electron chi connectivity index (χ3n) is 3.52. The van der Waals surface area contributed by atoms with Crippen molar-refractivity contribution in [3.05, 3.63) is 22.7 Å². The average Bonchev–Trinajstić information content (AvgIpc) is 2.52. The van der Waals surface area contributed by atoms with Crippen molar-refractivity contribution >= 4 is 5.82 Å². The first-order valence-electron chi connectivity index (χ1n) is 5.78. The summed E-state index contributed by atoms with van der Waals surface area (Å²) in [5.41, 5.74) is 4.50. The van der Waals surface area contributed by atoms with E-state index in [0.29, 0.717) is 6.42 Å². The highest BCUT2D eigenvalue weighted by Gasteiger charge is 2.57. The minimum absolute atomic E-state index is 0.00912. The number of hydrogen-bond donors (Lipinski definition) is 2. The quantitative estimate of drug-likeness (QED) is 0.822. The Morgan fingerprint density at radius 2 is 2.33 bits per heavy atom. The lowest BCUT2D eigenvalue weighted by molar-refractivity contribution is -0.120. The van der Waals surface area contributed by atoms with Gasteiger partial charge in [-0.1, -0.05) is 13.3 Å². The standard InChI is InChI=1S/C11H15F2N3O2/c1-2-6-5-7(11(12,13)9(6)17)16-4-3-8(14)15-10(16)18/h3-4,6-7,9,17H,2,5H2,1H3,(H2,14,15,18)/t6-,7+,9+/m0/s1. The highest BCUT2D eigenvalue weighted by Crippen LogP contribution is 2.47. The van der Waals surface area contributed by atoms with Crippen LogP contribution in [0.15, 0.2) is 17.1 Å². The summed E-state index contributed by atoms with van der Waals surface area (Å²) in [5.74, 6) is -3.86. The fourth-order valence-electron chi connectivity index (χ4n) is 2.44. The summed E-state index contributed by atoms with van der Waals surface area (Å²) in [6.45, 7) is 1.73. The molecule has 1 aromatic rings. The molecule has 1 heterocycles. The lowest BCUT2D eigenvalue weighted by Crippen LogP contribution is -2.40. The number of halogens is 2. The number of aromatic nitrogens is 2. The van der Waals surface area contributed by atoms with Crippen LogP contribution in [0.3, 0.4) is 0 Å². The molecule has 7 heteroatoms.